The molecule has 0 saturated carbocycles. The maximum absolute atomic E-state index is 10.4. The van der Waals surface area contributed by atoms with Crippen LogP contribution in [-0.4, -0.2) is 30.5 Å². The third-order valence-electron chi connectivity index (χ3n) is 2.30. The first-order valence-corrected chi connectivity index (χ1v) is 5.72. The average Bonchev–Trinajstić information content (AvgIpc) is 2.18. The molecule has 0 N–H and O–H groups in total. The van der Waals surface area contributed by atoms with Crippen molar-refractivity contribution >= 4 is 5.97 Å². The predicted molar refractivity (Wildman–Crippen MR) is 60.4 cm³/mol. The Morgan fingerprint density at radius 1 is 1.20 bits per heavy atom. The summed E-state index contributed by atoms with van der Waals surface area (Å²) in [6.07, 6.45) is 4.82. The first kappa shape index (κ1) is 14.2. The van der Waals surface area contributed by atoms with Crippen LogP contribution in [0.3, 0.4) is 0 Å². The minimum atomic E-state index is -1.06. The van der Waals surface area contributed by atoms with E-state index >= 15 is 0 Å². The van der Waals surface area contributed by atoms with Crippen molar-refractivity contribution < 1.29 is 9.90 Å². The van der Waals surface area contributed by atoms with Crippen LogP contribution in [0.5, 0.6) is 0 Å². The van der Waals surface area contributed by atoms with Crippen molar-refractivity contribution in [2.75, 3.05) is 19.6 Å². The normalized spacial score (nSPS) is 12.1. The highest BCUT2D eigenvalue weighted by Gasteiger charge is 2.00. The molecule has 3 heteroatoms. The van der Waals surface area contributed by atoms with E-state index in [-0.39, 0.29) is 0 Å². The van der Waals surface area contributed by atoms with E-state index in [1.54, 1.807) is 13.0 Å². The lowest BCUT2D eigenvalue weighted by atomic mass is 10.2. The molecule has 0 bridgehead atoms. The second kappa shape index (κ2) is 8.48. The fourth-order valence-corrected chi connectivity index (χ4v) is 1.51. The van der Waals surface area contributed by atoms with Gasteiger partial charge in [-0.1, -0.05) is 19.9 Å². The number of aliphatic carboxylic acids is 1. The summed E-state index contributed by atoms with van der Waals surface area (Å²) in [5, 5.41) is 10.4. The zero-order valence-electron chi connectivity index (χ0n) is 10.1. The Bertz CT molecular complexity index is 206. The van der Waals surface area contributed by atoms with Crippen LogP contribution >= 0.6 is 0 Å². The summed E-state index contributed by atoms with van der Waals surface area (Å²) in [5.41, 5.74) is 0.336. The fourth-order valence-electron chi connectivity index (χ4n) is 1.51. The molecule has 0 aromatic rings. The third-order valence-corrected chi connectivity index (χ3v) is 2.30. The van der Waals surface area contributed by atoms with Crippen LogP contribution in [0.4, 0.5) is 0 Å². The lowest BCUT2D eigenvalue weighted by molar-refractivity contribution is -0.299. The van der Waals surface area contributed by atoms with Gasteiger partial charge in [-0.3, -0.25) is 0 Å². The zero-order chi connectivity index (χ0) is 11.7. The van der Waals surface area contributed by atoms with E-state index in [0.29, 0.717) is 5.57 Å². The molecule has 0 aliphatic carbocycles. The highest BCUT2D eigenvalue weighted by Crippen LogP contribution is 1.99. The van der Waals surface area contributed by atoms with Gasteiger partial charge in [-0.25, -0.2) is 0 Å². The molecule has 0 fully saturated rings. The summed E-state index contributed by atoms with van der Waals surface area (Å²) < 4.78 is 0. The van der Waals surface area contributed by atoms with E-state index in [2.05, 4.69) is 18.7 Å². The Labute approximate surface area is 92.8 Å². The van der Waals surface area contributed by atoms with Gasteiger partial charge in [0.15, 0.2) is 0 Å². The number of hydrogen-bond donors (Lipinski definition) is 0. The summed E-state index contributed by atoms with van der Waals surface area (Å²) in [4.78, 5) is 12.8. The largest absolute Gasteiger partial charge is 0.545 e. The molecule has 0 atom stereocenters. The van der Waals surface area contributed by atoms with Crippen LogP contribution in [0.25, 0.3) is 0 Å². The molecule has 0 unspecified atom stereocenters. The summed E-state index contributed by atoms with van der Waals surface area (Å²) >= 11 is 0. The van der Waals surface area contributed by atoms with Crippen LogP contribution in [0.15, 0.2) is 11.6 Å². The minimum Gasteiger partial charge on any atom is -0.545 e. The highest BCUT2D eigenvalue weighted by atomic mass is 16.4. The molecule has 0 radical (unpaired) electrons. The molecule has 15 heavy (non-hydrogen) atoms. The van der Waals surface area contributed by atoms with E-state index in [9.17, 15) is 9.90 Å². The molecule has 0 saturated heterocycles. The molecule has 0 aliphatic heterocycles. The van der Waals surface area contributed by atoms with Gasteiger partial charge in [0.25, 0.3) is 0 Å². The van der Waals surface area contributed by atoms with Crippen molar-refractivity contribution in [2.45, 2.75) is 40.0 Å². The van der Waals surface area contributed by atoms with Gasteiger partial charge < -0.3 is 14.8 Å². The maximum atomic E-state index is 10.4. The summed E-state index contributed by atoms with van der Waals surface area (Å²) in [5.74, 6) is -1.06. The Hall–Kier alpha value is -0.830. The molecule has 88 valence electrons. The van der Waals surface area contributed by atoms with Crippen LogP contribution in [-0.2, 0) is 4.79 Å². The maximum Gasteiger partial charge on any atom is 0.0668 e. The number of rotatable bonds is 8. The van der Waals surface area contributed by atoms with Crippen LogP contribution in [0.2, 0.25) is 0 Å². The number of nitrogens with zero attached hydrogens (tertiary/aromatic N) is 1. The Morgan fingerprint density at radius 2 is 1.73 bits per heavy atom. The predicted octanol–water partition coefficient (Wildman–Crippen LogP) is 1.19. The standard InChI is InChI=1S/C12H23NO2/c1-4-8-13(9-5-2)10-6-7-11(3)12(14)15/h7H,4-6,8-10H2,1-3H3,(H,14,15)/p-1/b11-7+. The van der Waals surface area contributed by atoms with Crippen LogP contribution in [0, 0.1) is 0 Å². The quantitative estimate of drug-likeness (QED) is 0.568. The molecular formula is C12H22NO2-. The summed E-state index contributed by atoms with van der Waals surface area (Å²) in [7, 11) is 0. The first-order valence-electron chi connectivity index (χ1n) is 5.72. The van der Waals surface area contributed by atoms with Crippen molar-refractivity contribution in [1.29, 1.82) is 0 Å². The lowest BCUT2D eigenvalue weighted by Gasteiger charge is -2.20. The van der Waals surface area contributed by atoms with Gasteiger partial charge >= 0.3 is 0 Å². The average molecular weight is 212 g/mol. The van der Waals surface area contributed by atoms with E-state index in [0.717, 1.165) is 38.9 Å². The Morgan fingerprint density at radius 3 is 2.13 bits per heavy atom. The van der Waals surface area contributed by atoms with Crippen molar-refractivity contribution in [3.63, 3.8) is 0 Å². The molecule has 0 spiro atoms. The molecule has 0 amide bonds. The smallest absolute Gasteiger partial charge is 0.0668 e. The third kappa shape index (κ3) is 7.14. The van der Waals surface area contributed by atoms with Gasteiger partial charge in [0.05, 0.1) is 5.97 Å². The van der Waals surface area contributed by atoms with Gasteiger partial charge in [-0.15, -0.1) is 0 Å². The van der Waals surface area contributed by atoms with Crippen molar-refractivity contribution in [3.8, 4) is 0 Å². The minimum absolute atomic E-state index is 0.336. The van der Waals surface area contributed by atoms with Crippen molar-refractivity contribution in [3.05, 3.63) is 11.6 Å². The number of hydrogen-bond acceptors (Lipinski definition) is 3. The van der Waals surface area contributed by atoms with Gasteiger partial charge in [-0.05, 0) is 44.8 Å². The number of carboxylic acids is 1. The Balaban J connectivity index is 3.88. The number of carbonyl (C=O) groups is 1. The summed E-state index contributed by atoms with van der Waals surface area (Å²) in [6, 6.07) is 0. The van der Waals surface area contributed by atoms with E-state index in [1.807, 2.05) is 0 Å². The second-order valence-corrected chi connectivity index (χ2v) is 3.80. The molecule has 0 aliphatic rings. The topological polar surface area (TPSA) is 43.4 Å². The number of carbonyl (C=O) groups excluding carboxylic acids is 1. The Kier molecular flexibility index (Phi) is 8.01. The highest BCUT2D eigenvalue weighted by molar-refractivity contribution is 5.83. The summed E-state index contributed by atoms with van der Waals surface area (Å²) in [6.45, 7) is 9.01. The molecule has 3 nitrogen and oxygen atoms in total. The molecule has 0 heterocycles. The van der Waals surface area contributed by atoms with Crippen LogP contribution < -0.4 is 5.11 Å². The fraction of sp³-hybridized carbons (Fsp3) is 0.750. The molecule has 0 rings (SSSR count). The molecule has 0 aromatic heterocycles. The lowest BCUT2D eigenvalue weighted by Crippen LogP contribution is -2.27. The molecule has 0 aromatic carbocycles. The van der Waals surface area contributed by atoms with E-state index in [1.165, 1.54) is 0 Å². The van der Waals surface area contributed by atoms with Crippen molar-refractivity contribution in [1.82, 2.24) is 4.90 Å². The van der Waals surface area contributed by atoms with Gasteiger partial charge in [0, 0.05) is 6.54 Å². The monoisotopic (exact) mass is 212 g/mol. The number of carboxylic acid groups (broad SMARTS) is 1. The molecular weight excluding hydrogens is 190 g/mol. The van der Waals surface area contributed by atoms with Gasteiger partial charge in [-0.2, -0.15) is 0 Å². The van der Waals surface area contributed by atoms with Gasteiger partial charge in [0.1, 0.15) is 0 Å². The zero-order valence-corrected chi connectivity index (χ0v) is 10.1. The van der Waals surface area contributed by atoms with Crippen LogP contribution in [0.1, 0.15) is 40.0 Å². The van der Waals surface area contributed by atoms with E-state index in [4.69, 9.17) is 0 Å². The SMILES string of the molecule is CCCN(CCC)CC/C=C(\C)C(=O)[O-]. The first-order chi connectivity index (χ1) is 7.11. The second-order valence-electron chi connectivity index (χ2n) is 3.80. The van der Waals surface area contributed by atoms with E-state index < -0.39 is 5.97 Å². The van der Waals surface area contributed by atoms with Crippen molar-refractivity contribution in [2.24, 2.45) is 0 Å². The van der Waals surface area contributed by atoms with Gasteiger partial charge in [0.2, 0.25) is 0 Å².